The third-order valence-corrected chi connectivity index (χ3v) is 2.50. The van der Waals surface area contributed by atoms with Crippen LogP contribution in [0.5, 0.6) is 5.75 Å². The average Bonchev–Trinajstić information content (AvgIpc) is 2.27. The molecule has 0 aliphatic carbocycles. The molecule has 16 heavy (non-hydrogen) atoms. The van der Waals surface area contributed by atoms with E-state index in [-0.39, 0.29) is 5.69 Å². The SMILES string of the molecule is COc1ccnc(C(O)C(C)(C)C(=O)O)c1. The molecule has 5 nitrogen and oxygen atoms in total. The van der Waals surface area contributed by atoms with Crippen molar-refractivity contribution in [3.05, 3.63) is 24.0 Å². The first-order chi connectivity index (χ1) is 7.39. The summed E-state index contributed by atoms with van der Waals surface area (Å²) < 4.78 is 4.98. The maximum absolute atomic E-state index is 11.0. The van der Waals surface area contributed by atoms with Gasteiger partial charge in [-0.15, -0.1) is 0 Å². The summed E-state index contributed by atoms with van der Waals surface area (Å²) in [6, 6.07) is 3.15. The van der Waals surface area contributed by atoms with Crippen LogP contribution < -0.4 is 4.74 Å². The molecular formula is C11H15NO4. The lowest BCUT2D eigenvalue weighted by Crippen LogP contribution is -2.31. The summed E-state index contributed by atoms with van der Waals surface area (Å²) in [6.45, 7) is 2.89. The van der Waals surface area contributed by atoms with Gasteiger partial charge in [0.2, 0.25) is 0 Å². The van der Waals surface area contributed by atoms with E-state index in [0.29, 0.717) is 5.75 Å². The Morgan fingerprint density at radius 2 is 2.19 bits per heavy atom. The van der Waals surface area contributed by atoms with E-state index in [0.717, 1.165) is 0 Å². The van der Waals surface area contributed by atoms with Crippen molar-refractivity contribution in [1.82, 2.24) is 4.98 Å². The van der Waals surface area contributed by atoms with E-state index in [1.54, 1.807) is 6.07 Å². The molecule has 0 spiro atoms. The second-order valence-corrected chi connectivity index (χ2v) is 4.05. The molecule has 1 unspecified atom stereocenters. The molecule has 0 aliphatic rings. The fraction of sp³-hybridized carbons (Fsp3) is 0.455. The Kier molecular flexibility index (Phi) is 3.49. The molecule has 0 fully saturated rings. The van der Waals surface area contributed by atoms with E-state index < -0.39 is 17.5 Å². The number of aliphatic hydroxyl groups excluding tert-OH is 1. The number of carboxylic acid groups (broad SMARTS) is 1. The summed E-state index contributed by atoms with van der Waals surface area (Å²) in [6.07, 6.45) is 0.287. The zero-order chi connectivity index (χ0) is 12.3. The topological polar surface area (TPSA) is 79.7 Å². The van der Waals surface area contributed by atoms with Gasteiger partial charge < -0.3 is 14.9 Å². The molecule has 1 aromatic heterocycles. The first kappa shape index (κ1) is 12.4. The number of pyridine rings is 1. The van der Waals surface area contributed by atoms with Crippen molar-refractivity contribution in [1.29, 1.82) is 0 Å². The van der Waals surface area contributed by atoms with Crippen molar-refractivity contribution in [2.45, 2.75) is 20.0 Å². The number of aromatic nitrogens is 1. The second kappa shape index (κ2) is 4.49. The summed E-state index contributed by atoms with van der Waals surface area (Å²) in [4.78, 5) is 14.9. The monoisotopic (exact) mass is 225 g/mol. The van der Waals surface area contributed by atoms with E-state index in [4.69, 9.17) is 9.84 Å². The smallest absolute Gasteiger partial charge is 0.312 e. The second-order valence-electron chi connectivity index (χ2n) is 4.05. The maximum Gasteiger partial charge on any atom is 0.312 e. The zero-order valence-corrected chi connectivity index (χ0v) is 9.47. The van der Waals surface area contributed by atoms with Gasteiger partial charge in [0.15, 0.2) is 0 Å². The van der Waals surface area contributed by atoms with E-state index in [1.165, 1.54) is 33.2 Å². The first-order valence-corrected chi connectivity index (χ1v) is 4.81. The van der Waals surface area contributed by atoms with Crippen LogP contribution in [0.4, 0.5) is 0 Å². The highest BCUT2D eigenvalue weighted by Gasteiger charge is 2.37. The van der Waals surface area contributed by atoms with Gasteiger partial charge in [-0.05, 0) is 19.9 Å². The number of methoxy groups -OCH3 is 1. The third-order valence-electron chi connectivity index (χ3n) is 2.50. The minimum Gasteiger partial charge on any atom is -0.497 e. The van der Waals surface area contributed by atoms with E-state index in [1.807, 2.05) is 0 Å². The minimum absolute atomic E-state index is 0.284. The van der Waals surface area contributed by atoms with Crippen LogP contribution in [0.3, 0.4) is 0 Å². The van der Waals surface area contributed by atoms with Crippen molar-refractivity contribution in [2.24, 2.45) is 5.41 Å². The van der Waals surface area contributed by atoms with Crippen LogP contribution in [-0.2, 0) is 4.79 Å². The Morgan fingerprint density at radius 1 is 1.56 bits per heavy atom. The maximum atomic E-state index is 11.0. The normalized spacial score (nSPS) is 13.2. The molecule has 0 aromatic carbocycles. The van der Waals surface area contributed by atoms with Gasteiger partial charge in [-0.25, -0.2) is 0 Å². The molecule has 1 heterocycles. The third kappa shape index (κ3) is 2.30. The zero-order valence-electron chi connectivity index (χ0n) is 9.47. The molecule has 0 saturated carbocycles. The number of hydrogen-bond acceptors (Lipinski definition) is 4. The lowest BCUT2D eigenvalue weighted by molar-refractivity contribution is -0.153. The Bertz CT molecular complexity index is 389. The number of carboxylic acids is 1. The summed E-state index contributed by atoms with van der Waals surface area (Å²) in [5.74, 6) is -0.546. The Hall–Kier alpha value is -1.62. The average molecular weight is 225 g/mol. The van der Waals surface area contributed by atoms with Crippen LogP contribution in [0.25, 0.3) is 0 Å². The Labute approximate surface area is 93.7 Å². The van der Waals surface area contributed by atoms with Gasteiger partial charge in [0, 0.05) is 12.3 Å². The van der Waals surface area contributed by atoms with Crippen LogP contribution in [0.15, 0.2) is 18.3 Å². The highest BCUT2D eigenvalue weighted by molar-refractivity contribution is 5.74. The first-order valence-electron chi connectivity index (χ1n) is 4.81. The lowest BCUT2D eigenvalue weighted by Gasteiger charge is -2.25. The lowest BCUT2D eigenvalue weighted by atomic mass is 9.84. The largest absolute Gasteiger partial charge is 0.497 e. The molecule has 5 heteroatoms. The van der Waals surface area contributed by atoms with Crippen LogP contribution in [0.2, 0.25) is 0 Å². The molecule has 88 valence electrons. The summed E-state index contributed by atoms with van der Waals surface area (Å²) in [5.41, 5.74) is -1.01. The van der Waals surface area contributed by atoms with Crippen molar-refractivity contribution in [3.8, 4) is 5.75 Å². The molecule has 2 N–H and O–H groups in total. The van der Waals surface area contributed by atoms with Crippen molar-refractivity contribution in [3.63, 3.8) is 0 Å². The highest BCUT2D eigenvalue weighted by atomic mass is 16.5. The number of carbonyl (C=O) groups is 1. The summed E-state index contributed by atoms with van der Waals surface area (Å²) in [5, 5.41) is 18.9. The minimum atomic E-state index is -1.29. The van der Waals surface area contributed by atoms with Gasteiger partial charge in [0.05, 0.1) is 18.2 Å². The number of nitrogens with zero attached hydrogens (tertiary/aromatic N) is 1. The Morgan fingerprint density at radius 3 is 2.69 bits per heavy atom. The number of aliphatic carboxylic acids is 1. The molecule has 0 aliphatic heterocycles. The van der Waals surface area contributed by atoms with Gasteiger partial charge in [0.1, 0.15) is 11.9 Å². The quantitative estimate of drug-likeness (QED) is 0.805. The predicted molar refractivity (Wildman–Crippen MR) is 57.2 cm³/mol. The Balaban J connectivity index is 3.04. The molecule has 1 rings (SSSR count). The van der Waals surface area contributed by atoms with E-state index in [9.17, 15) is 9.90 Å². The highest BCUT2D eigenvalue weighted by Crippen LogP contribution is 2.33. The molecule has 0 radical (unpaired) electrons. The molecule has 0 saturated heterocycles. The van der Waals surface area contributed by atoms with Gasteiger partial charge in [0.25, 0.3) is 0 Å². The van der Waals surface area contributed by atoms with E-state index in [2.05, 4.69) is 4.98 Å². The predicted octanol–water partition coefficient (Wildman–Crippen LogP) is 1.23. The van der Waals surface area contributed by atoms with E-state index >= 15 is 0 Å². The molecular weight excluding hydrogens is 210 g/mol. The molecule has 1 atom stereocenters. The molecule has 0 amide bonds. The summed E-state index contributed by atoms with van der Waals surface area (Å²) in [7, 11) is 1.49. The van der Waals surface area contributed by atoms with Crippen LogP contribution in [0.1, 0.15) is 25.6 Å². The number of ether oxygens (including phenoxy) is 1. The van der Waals surface area contributed by atoms with Gasteiger partial charge >= 0.3 is 5.97 Å². The van der Waals surface area contributed by atoms with Crippen molar-refractivity contribution < 1.29 is 19.7 Å². The number of rotatable bonds is 4. The van der Waals surface area contributed by atoms with Crippen molar-refractivity contribution in [2.75, 3.05) is 7.11 Å². The standard InChI is InChI=1S/C11H15NO4/c1-11(2,10(14)15)9(13)8-6-7(16-3)4-5-12-8/h4-6,9,13H,1-3H3,(H,14,15). The van der Waals surface area contributed by atoms with Crippen LogP contribution in [0, 0.1) is 5.41 Å². The van der Waals surface area contributed by atoms with Crippen LogP contribution in [-0.4, -0.2) is 28.3 Å². The molecule has 1 aromatic rings. The van der Waals surface area contributed by atoms with Crippen molar-refractivity contribution >= 4 is 5.97 Å². The number of hydrogen-bond donors (Lipinski definition) is 2. The molecule has 0 bridgehead atoms. The summed E-state index contributed by atoms with van der Waals surface area (Å²) >= 11 is 0. The van der Waals surface area contributed by atoms with Gasteiger partial charge in [-0.1, -0.05) is 0 Å². The van der Waals surface area contributed by atoms with Gasteiger partial charge in [-0.3, -0.25) is 9.78 Å². The van der Waals surface area contributed by atoms with Gasteiger partial charge in [-0.2, -0.15) is 0 Å². The number of aliphatic hydroxyl groups is 1. The fourth-order valence-electron chi connectivity index (χ4n) is 1.19. The van der Waals surface area contributed by atoms with Crippen LogP contribution >= 0.6 is 0 Å². The fourth-order valence-corrected chi connectivity index (χ4v) is 1.19.